The van der Waals surface area contributed by atoms with Crippen LogP contribution in [0.15, 0.2) is 18.2 Å². The second-order valence-corrected chi connectivity index (χ2v) is 3.22. The molecule has 1 N–H and O–H groups in total. The molecule has 1 amide bonds. The summed E-state index contributed by atoms with van der Waals surface area (Å²) in [6.45, 7) is 1.86. The molecular weight excluding hydrogens is 188 g/mol. The molecule has 0 radical (unpaired) electrons. The highest BCUT2D eigenvalue weighted by Gasteiger charge is 2.48. The molecule has 1 aromatic carbocycles. The number of amides is 1. The lowest BCUT2D eigenvalue weighted by Gasteiger charge is -2.07. The van der Waals surface area contributed by atoms with Gasteiger partial charge in [-0.25, -0.2) is 0 Å². The molecule has 0 atom stereocenters. The number of benzene rings is 1. The van der Waals surface area contributed by atoms with Crippen molar-refractivity contribution in [1.82, 2.24) is 0 Å². The van der Waals surface area contributed by atoms with Crippen LogP contribution in [0.25, 0.3) is 0 Å². The first kappa shape index (κ1) is 9.12. The molecule has 74 valence electrons. The van der Waals surface area contributed by atoms with Crippen LogP contribution in [0.1, 0.15) is 18.1 Å². The average molecular weight is 197 g/mol. The van der Waals surface area contributed by atoms with Gasteiger partial charge in [0.15, 0.2) is 0 Å². The van der Waals surface area contributed by atoms with Gasteiger partial charge in [0.05, 0.1) is 11.3 Å². The Morgan fingerprint density at radius 2 is 2.14 bits per heavy atom. The minimum absolute atomic E-state index is 0.207. The summed E-state index contributed by atoms with van der Waals surface area (Å²) in [5, 5.41) is 2.22. The lowest BCUT2D eigenvalue weighted by atomic mass is 10.0. The largest absolute Gasteiger partial charge is 0.352 e. The molecule has 0 aromatic heterocycles. The van der Waals surface area contributed by atoms with Crippen LogP contribution in [0.2, 0.25) is 0 Å². The summed E-state index contributed by atoms with van der Waals surface area (Å²) in [5.41, 5.74) is 0.819. The third-order valence-corrected chi connectivity index (χ3v) is 2.39. The van der Waals surface area contributed by atoms with E-state index in [1.54, 1.807) is 12.1 Å². The van der Waals surface area contributed by atoms with Gasteiger partial charge in [-0.2, -0.15) is 8.78 Å². The van der Waals surface area contributed by atoms with Crippen LogP contribution in [0.3, 0.4) is 0 Å². The van der Waals surface area contributed by atoms with Crippen LogP contribution >= 0.6 is 0 Å². The van der Waals surface area contributed by atoms with E-state index in [2.05, 4.69) is 5.32 Å². The third kappa shape index (κ3) is 1.03. The van der Waals surface area contributed by atoms with Crippen LogP contribution in [-0.2, 0) is 17.1 Å². The molecule has 1 aliphatic rings. The number of nitrogens with one attached hydrogen (secondary N) is 1. The van der Waals surface area contributed by atoms with Crippen molar-refractivity contribution in [3.63, 3.8) is 0 Å². The van der Waals surface area contributed by atoms with Crippen molar-refractivity contribution >= 4 is 11.6 Å². The number of carbonyl (C=O) groups excluding carboxylic acids is 1. The smallest absolute Gasteiger partial charge is 0.320 e. The van der Waals surface area contributed by atoms with E-state index in [0.29, 0.717) is 6.42 Å². The van der Waals surface area contributed by atoms with Gasteiger partial charge in [-0.15, -0.1) is 0 Å². The molecule has 0 fully saturated rings. The number of hydrogen-bond acceptors (Lipinski definition) is 1. The maximum absolute atomic E-state index is 13.2. The van der Waals surface area contributed by atoms with Gasteiger partial charge < -0.3 is 5.32 Å². The number of para-hydroxylation sites is 1. The first-order valence-corrected chi connectivity index (χ1v) is 4.39. The number of rotatable bonds is 1. The van der Waals surface area contributed by atoms with E-state index >= 15 is 0 Å². The Balaban J connectivity index is 2.63. The van der Waals surface area contributed by atoms with E-state index in [1.807, 2.05) is 6.92 Å². The number of aryl methyl sites for hydroxylation is 1. The van der Waals surface area contributed by atoms with Gasteiger partial charge in [-0.3, -0.25) is 4.79 Å². The summed E-state index contributed by atoms with van der Waals surface area (Å²) in [5.74, 6) is -4.60. The van der Waals surface area contributed by atoms with Crippen molar-refractivity contribution in [3.8, 4) is 0 Å². The Kier molecular flexibility index (Phi) is 1.80. The zero-order valence-electron chi connectivity index (χ0n) is 7.60. The predicted octanol–water partition coefficient (Wildman–Crippen LogP) is 2.29. The first-order valence-electron chi connectivity index (χ1n) is 4.39. The molecule has 1 aromatic rings. The molecule has 2 rings (SSSR count). The summed E-state index contributed by atoms with van der Waals surface area (Å²) in [4.78, 5) is 11.0. The highest BCUT2D eigenvalue weighted by Crippen LogP contribution is 2.41. The summed E-state index contributed by atoms with van der Waals surface area (Å²) >= 11 is 0. The molecular formula is C10H9F2NO. The number of fused-ring (bicyclic) bond motifs is 1. The van der Waals surface area contributed by atoms with Crippen LogP contribution in [0, 0.1) is 0 Å². The van der Waals surface area contributed by atoms with Crippen molar-refractivity contribution in [1.29, 1.82) is 0 Å². The van der Waals surface area contributed by atoms with E-state index in [-0.39, 0.29) is 11.3 Å². The highest BCUT2D eigenvalue weighted by molar-refractivity contribution is 6.04. The quantitative estimate of drug-likeness (QED) is 0.735. The fraction of sp³-hybridized carbons (Fsp3) is 0.300. The first-order chi connectivity index (χ1) is 6.57. The number of carbonyl (C=O) groups is 1. The molecule has 1 heterocycles. The van der Waals surface area contributed by atoms with Crippen molar-refractivity contribution in [2.24, 2.45) is 0 Å². The zero-order chi connectivity index (χ0) is 10.3. The van der Waals surface area contributed by atoms with Crippen molar-refractivity contribution in [2.45, 2.75) is 19.3 Å². The van der Waals surface area contributed by atoms with Gasteiger partial charge in [0.1, 0.15) is 0 Å². The Morgan fingerprint density at radius 3 is 2.79 bits per heavy atom. The Morgan fingerprint density at radius 1 is 1.43 bits per heavy atom. The van der Waals surface area contributed by atoms with Crippen LogP contribution in [0.4, 0.5) is 14.5 Å². The van der Waals surface area contributed by atoms with Gasteiger partial charge in [0, 0.05) is 0 Å². The van der Waals surface area contributed by atoms with Crippen LogP contribution in [-0.4, -0.2) is 5.91 Å². The zero-order valence-corrected chi connectivity index (χ0v) is 7.60. The third-order valence-electron chi connectivity index (χ3n) is 2.39. The van der Waals surface area contributed by atoms with E-state index in [4.69, 9.17) is 0 Å². The highest BCUT2D eigenvalue weighted by atomic mass is 19.3. The predicted molar refractivity (Wildman–Crippen MR) is 48.3 cm³/mol. The topological polar surface area (TPSA) is 29.1 Å². The van der Waals surface area contributed by atoms with Crippen molar-refractivity contribution in [3.05, 3.63) is 29.3 Å². The molecule has 0 unspecified atom stereocenters. The lowest BCUT2D eigenvalue weighted by Crippen LogP contribution is -2.23. The standard InChI is InChI=1S/C10H9F2NO/c1-2-6-4-3-5-7-8(6)13-9(14)10(7,11)12/h3-5H,2H2,1H3,(H,13,14). The summed E-state index contributed by atoms with van der Waals surface area (Å²) < 4.78 is 26.5. The maximum Gasteiger partial charge on any atom is 0.352 e. The monoisotopic (exact) mass is 197 g/mol. The fourth-order valence-electron chi connectivity index (χ4n) is 1.62. The van der Waals surface area contributed by atoms with Crippen LogP contribution in [0.5, 0.6) is 0 Å². The summed E-state index contributed by atoms with van der Waals surface area (Å²) in [6, 6.07) is 4.57. The van der Waals surface area contributed by atoms with Gasteiger partial charge in [0.25, 0.3) is 5.91 Å². The molecule has 14 heavy (non-hydrogen) atoms. The number of hydrogen-bond donors (Lipinski definition) is 1. The number of alkyl halides is 2. The number of halogens is 2. The van der Waals surface area contributed by atoms with E-state index in [0.717, 1.165) is 5.56 Å². The van der Waals surface area contributed by atoms with E-state index in [1.165, 1.54) is 6.07 Å². The van der Waals surface area contributed by atoms with Gasteiger partial charge in [0.2, 0.25) is 0 Å². The molecule has 1 aliphatic heterocycles. The Hall–Kier alpha value is -1.45. The summed E-state index contributed by atoms with van der Waals surface area (Å²) in [6.07, 6.45) is 0.625. The molecule has 0 aliphatic carbocycles. The van der Waals surface area contributed by atoms with Gasteiger partial charge in [-0.1, -0.05) is 25.1 Å². The van der Waals surface area contributed by atoms with E-state index < -0.39 is 11.8 Å². The molecule has 0 saturated carbocycles. The van der Waals surface area contributed by atoms with E-state index in [9.17, 15) is 13.6 Å². The van der Waals surface area contributed by atoms with Crippen LogP contribution < -0.4 is 5.32 Å². The molecule has 0 bridgehead atoms. The minimum Gasteiger partial charge on any atom is -0.320 e. The molecule has 0 saturated heterocycles. The fourth-order valence-corrected chi connectivity index (χ4v) is 1.62. The lowest BCUT2D eigenvalue weighted by molar-refractivity contribution is -0.139. The van der Waals surface area contributed by atoms with Crippen molar-refractivity contribution in [2.75, 3.05) is 5.32 Å². The Labute approximate surface area is 79.9 Å². The van der Waals surface area contributed by atoms with Gasteiger partial charge in [-0.05, 0) is 12.0 Å². The second kappa shape index (κ2) is 2.77. The number of anilines is 1. The Bertz CT molecular complexity index is 401. The molecule has 2 nitrogen and oxygen atoms in total. The molecule has 4 heteroatoms. The average Bonchev–Trinajstić information content (AvgIpc) is 2.39. The SMILES string of the molecule is CCc1cccc2c1NC(=O)C2(F)F. The molecule has 0 spiro atoms. The normalized spacial score (nSPS) is 17.8. The van der Waals surface area contributed by atoms with Gasteiger partial charge >= 0.3 is 5.92 Å². The van der Waals surface area contributed by atoms with Crippen molar-refractivity contribution < 1.29 is 13.6 Å². The second-order valence-electron chi connectivity index (χ2n) is 3.22. The minimum atomic E-state index is -3.37. The maximum atomic E-state index is 13.2. The summed E-state index contributed by atoms with van der Waals surface area (Å²) in [7, 11) is 0.